The Morgan fingerprint density at radius 1 is 1.42 bits per heavy atom. The van der Waals surface area contributed by atoms with Crippen LogP contribution in [0.1, 0.15) is 26.2 Å². The van der Waals surface area contributed by atoms with Crippen LogP contribution in [0, 0.1) is 0 Å². The fourth-order valence-corrected chi connectivity index (χ4v) is 0.900. The molecule has 0 aliphatic rings. The van der Waals surface area contributed by atoms with E-state index in [1.807, 2.05) is 6.92 Å². The van der Waals surface area contributed by atoms with Crippen molar-refractivity contribution in [2.75, 3.05) is 0 Å². The van der Waals surface area contributed by atoms with Crippen molar-refractivity contribution in [3.05, 3.63) is 24.8 Å². The Hall–Kier alpha value is -0.600. The summed E-state index contributed by atoms with van der Waals surface area (Å²) in [5.41, 5.74) is 0.900. The predicted molar refractivity (Wildman–Crippen MR) is 50.9 cm³/mol. The molecule has 0 bridgehead atoms. The lowest BCUT2D eigenvalue weighted by atomic mass is 10.0. The second-order valence-corrected chi connectivity index (χ2v) is 2.94. The molecule has 0 aliphatic carbocycles. The molecule has 0 saturated heterocycles. The third kappa shape index (κ3) is 4.31. The molecular formula is C10H18O2. The Bertz CT molecular complexity index is 152. The third-order valence-corrected chi connectivity index (χ3v) is 1.91. The van der Waals surface area contributed by atoms with Gasteiger partial charge in [-0.25, -0.2) is 0 Å². The molecule has 0 radical (unpaired) electrons. The van der Waals surface area contributed by atoms with Gasteiger partial charge >= 0.3 is 0 Å². The summed E-state index contributed by atoms with van der Waals surface area (Å²) in [5.74, 6) is 0. The smallest absolute Gasteiger partial charge is 0.0802 e. The number of hydrogen-bond donors (Lipinski definition) is 2. The number of aliphatic hydroxyl groups excluding tert-OH is 2. The molecule has 0 aliphatic heterocycles. The van der Waals surface area contributed by atoms with Crippen molar-refractivity contribution in [1.82, 2.24) is 0 Å². The van der Waals surface area contributed by atoms with E-state index in [1.165, 1.54) is 0 Å². The van der Waals surface area contributed by atoms with Crippen molar-refractivity contribution < 1.29 is 10.2 Å². The van der Waals surface area contributed by atoms with Gasteiger partial charge in [-0.3, -0.25) is 0 Å². The summed E-state index contributed by atoms with van der Waals surface area (Å²) in [7, 11) is 0. The summed E-state index contributed by atoms with van der Waals surface area (Å²) >= 11 is 0. The summed E-state index contributed by atoms with van der Waals surface area (Å²) in [6, 6.07) is 0. The van der Waals surface area contributed by atoms with Gasteiger partial charge in [0.25, 0.3) is 0 Å². The molecule has 0 rings (SSSR count). The van der Waals surface area contributed by atoms with Gasteiger partial charge in [0.1, 0.15) is 0 Å². The summed E-state index contributed by atoms with van der Waals surface area (Å²) in [5, 5.41) is 18.5. The molecule has 0 aromatic carbocycles. The minimum atomic E-state index is -0.633. The first-order valence-corrected chi connectivity index (χ1v) is 4.28. The minimum absolute atomic E-state index is 0.555. The molecule has 2 heteroatoms. The summed E-state index contributed by atoms with van der Waals surface area (Å²) in [6.07, 6.45) is 2.27. The largest absolute Gasteiger partial charge is 0.390 e. The Kier molecular flexibility index (Phi) is 5.68. The summed E-state index contributed by atoms with van der Waals surface area (Å²) in [4.78, 5) is 0. The molecule has 12 heavy (non-hydrogen) atoms. The van der Waals surface area contributed by atoms with Crippen molar-refractivity contribution in [3.8, 4) is 0 Å². The van der Waals surface area contributed by atoms with Crippen LogP contribution in [0.25, 0.3) is 0 Å². The highest BCUT2D eigenvalue weighted by atomic mass is 16.3. The van der Waals surface area contributed by atoms with Crippen molar-refractivity contribution in [1.29, 1.82) is 0 Å². The van der Waals surface area contributed by atoms with Crippen LogP contribution in [0.5, 0.6) is 0 Å². The Labute approximate surface area is 74.2 Å². The van der Waals surface area contributed by atoms with E-state index >= 15 is 0 Å². The van der Waals surface area contributed by atoms with Gasteiger partial charge in [-0.05, 0) is 19.3 Å². The van der Waals surface area contributed by atoms with Gasteiger partial charge in [-0.1, -0.05) is 31.7 Å². The highest BCUT2D eigenvalue weighted by Gasteiger charge is 2.13. The maximum Gasteiger partial charge on any atom is 0.0802 e. The zero-order valence-corrected chi connectivity index (χ0v) is 7.66. The van der Waals surface area contributed by atoms with Crippen molar-refractivity contribution in [2.24, 2.45) is 0 Å². The lowest BCUT2D eigenvalue weighted by Gasteiger charge is -2.15. The van der Waals surface area contributed by atoms with Crippen LogP contribution in [0.15, 0.2) is 24.8 Å². The molecule has 2 unspecified atom stereocenters. The molecule has 0 aromatic rings. The number of rotatable bonds is 6. The van der Waals surface area contributed by atoms with E-state index in [0.29, 0.717) is 19.3 Å². The van der Waals surface area contributed by atoms with Crippen molar-refractivity contribution >= 4 is 0 Å². The third-order valence-electron chi connectivity index (χ3n) is 1.91. The first kappa shape index (κ1) is 11.4. The summed E-state index contributed by atoms with van der Waals surface area (Å²) in [6.45, 7) is 9.12. The van der Waals surface area contributed by atoms with E-state index in [1.54, 1.807) is 6.08 Å². The minimum Gasteiger partial charge on any atom is -0.390 e. The topological polar surface area (TPSA) is 40.5 Å². The van der Waals surface area contributed by atoms with E-state index in [-0.39, 0.29) is 0 Å². The van der Waals surface area contributed by atoms with Crippen LogP contribution < -0.4 is 0 Å². The van der Waals surface area contributed by atoms with Crippen LogP contribution in [-0.4, -0.2) is 22.4 Å². The van der Waals surface area contributed by atoms with Crippen LogP contribution in [0.3, 0.4) is 0 Å². The highest BCUT2D eigenvalue weighted by molar-refractivity contribution is 5.10. The summed E-state index contributed by atoms with van der Waals surface area (Å²) < 4.78 is 0. The monoisotopic (exact) mass is 170 g/mol. The fourth-order valence-electron chi connectivity index (χ4n) is 0.900. The standard InChI is InChI=1S/C10H18O2/c1-4-8(3)6-7-10(12)9(11)5-2/h4,9-12H,1,3,5-7H2,2H3. The Morgan fingerprint density at radius 3 is 2.42 bits per heavy atom. The average molecular weight is 170 g/mol. The average Bonchev–Trinajstić information content (AvgIpc) is 2.11. The fraction of sp³-hybridized carbons (Fsp3) is 0.600. The molecule has 2 nitrogen and oxygen atoms in total. The zero-order chi connectivity index (χ0) is 9.56. The van der Waals surface area contributed by atoms with Crippen molar-refractivity contribution in [3.63, 3.8) is 0 Å². The zero-order valence-electron chi connectivity index (χ0n) is 7.66. The van der Waals surface area contributed by atoms with Gasteiger partial charge in [0, 0.05) is 0 Å². The van der Waals surface area contributed by atoms with Crippen LogP contribution in [-0.2, 0) is 0 Å². The van der Waals surface area contributed by atoms with Gasteiger partial charge in [0.2, 0.25) is 0 Å². The van der Waals surface area contributed by atoms with Gasteiger partial charge in [0.05, 0.1) is 12.2 Å². The lowest BCUT2D eigenvalue weighted by Crippen LogP contribution is -2.24. The molecular weight excluding hydrogens is 152 g/mol. The highest BCUT2D eigenvalue weighted by Crippen LogP contribution is 2.10. The predicted octanol–water partition coefficient (Wildman–Crippen LogP) is 1.64. The first-order valence-electron chi connectivity index (χ1n) is 4.28. The number of aliphatic hydroxyl groups is 2. The molecule has 0 aromatic heterocycles. The van der Waals surface area contributed by atoms with E-state index in [0.717, 1.165) is 5.57 Å². The number of hydrogen-bond acceptors (Lipinski definition) is 2. The van der Waals surface area contributed by atoms with Gasteiger partial charge in [-0.15, -0.1) is 0 Å². The van der Waals surface area contributed by atoms with Gasteiger partial charge in [0.15, 0.2) is 0 Å². The second kappa shape index (κ2) is 5.98. The molecule has 2 N–H and O–H groups in total. The maximum atomic E-state index is 9.34. The molecule has 0 fully saturated rings. The van der Waals surface area contributed by atoms with Gasteiger partial charge < -0.3 is 10.2 Å². The number of allylic oxidation sites excluding steroid dienone is 2. The van der Waals surface area contributed by atoms with E-state index in [9.17, 15) is 10.2 Å². The molecule has 70 valence electrons. The first-order chi connectivity index (χ1) is 5.61. The quantitative estimate of drug-likeness (QED) is 0.595. The van der Waals surface area contributed by atoms with Gasteiger partial charge in [-0.2, -0.15) is 0 Å². The maximum absolute atomic E-state index is 9.34. The Balaban J connectivity index is 3.62. The lowest BCUT2D eigenvalue weighted by molar-refractivity contribution is 0.0132. The van der Waals surface area contributed by atoms with E-state index in [4.69, 9.17) is 0 Å². The molecule has 0 heterocycles. The van der Waals surface area contributed by atoms with Crippen LogP contribution >= 0.6 is 0 Å². The van der Waals surface area contributed by atoms with Crippen LogP contribution in [0.2, 0.25) is 0 Å². The van der Waals surface area contributed by atoms with Crippen LogP contribution in [0.4, 0.5) is 0 Å². The SMILES string of the molecule is C=CC(=C)CCC(O)C(O)CC. The Morgan fingerprint density at radius 2 is 2.00 bits per heavy atom. The van der Waals surface area contributed by atoms with E-state index in [2.05, 4.69) is 13.2 Å². The van der Waals surface area contributed by atoms with E-state index < -0.39 is 12.2 Å². The molecule has 0 amide bonds. The normalized spacial score (nSPS) is 15.2. The molecule has 0 spiro atoms. The second-order valence-electron chi connectivity index (χ2n) is 2.94. The molecule has 2 atom stereocenters. The molecule has 0 saturated carbocycles. The van der Waals surface area contributed by atoms with Crippen molar-refractivity contribution in [2.45, 2.75) is 38.4 Å².